The van der Waals surface area contributed by atoms with Crippen molar-refractivity contribution < 1.29 is 14.3 Å². The number of aromatic amines is 1. The zero-order valence-corrected chi connectivity index (χ0v) is 15.0. The number of nitrogens with one attached hydrogen (secondary N) is 2. The van der Waals surface area contributed by atoms with Crippen LogP contribution in [-0.4, -0.2) is 60.0 Å². The molecule has 2 N–H and O–H groups in total. The number of carbonyl (C=O) groups is 2. The third-order valence-electron chi connectivity index (χ3n) is 5.91. The summed E-state index contributed by atoms with van der Waals surface area (Å²) in [6.07, 6.45) is 6.62. The molecule has 2 amide bonds. The zero-order valence-electron chi connectivity index (χ0n) is 15.0. The summed E-state index contributed by atoms with van der Waals surface area (Å²) in [7, 11) is 1.55. The van der Waals surface area contributed by atoms with Crippen LogP contribution >= 0.6 is 0 Å². The van der Waals surface area contributed by atoms with Gasteiger partial charge in [0.2, 0.25) is 5.91 Å². The number of pyridine rings is 1. The molecule has 0 radical (unpaired) electrons. The summed E-state index contributed by atoms with van der Waals surface area (Å²) < 4.78 is 4.93. The van der Waals surface area contributed by atoms with Gasteiger partial charge in [0, 0.05) is 50.0 Å². The van der Waals surface area contributed by atoms with Crippen molar-refractivity contribution >= 4 is 22.7 Å². The normalized spacial score (nSPS) is 21.1. The molecule has 0 bridgehead atoms. The first-order valence-electron chi connectivity index (χ1n) is 9.09. The number of amides is 2. The maximum Gasteiger partial charge on any atom is 0.267 e. The van der Waals surface area contributed by atoms with E-state index in [2.05, 4.69) is 15.3 Å². The average Bonchev–Trinajstić information content (AvgIpc) is 3.13. The molecule has 1 saturated carbocycles. The van der Waals surface area contributed by atoms with Gasteiger partial charge in [-0.25, -0.2) is 0 Å². The van der Waals surface area contributed by atoms with Gasteiger partial charge in [-0.3, -0.25) is 14.6 Å². The minimum absolute atomic E-state index is 0.0705. The maximum atomic E-state index is 12.4. The van der Waals surface area contributed by atoms with Crippen molar-refractivity contribution in [3.63, 3.8) is 0 Å². The van der Waals surface area contributed by atoms with Crippen LogP contribution in [0.5, 0.6) is 0 Å². The number of ether oxygens (including phenoxy) is 1. The molecule has 1 aliphatic carbocycles. The molecule has 2 aromatic rings. The van der Waals surface area contributed by atoms with E-state index < -0.39 is 0 Å². The molecule has 4 rings (SSSR count). The van der Waals surface area contributed by atoms with E-state index in [1.165, 1.54) is 0 Å². The molecule has 2 aromatic heterocycles. The van der Waals surface area contributed by atoms with E-state index in [-0.39, 0.29) is 18.4 Å². The van der Waals surface area contributed by atoms with Crippen LogP contribution in [0.4, 0.5) is 0 Å². The van der Waals surface area contributed by atoms with Crippen molar-refractivity contribution in [2.45, 2.75) is 19.3 Å². The van der Waals surface area contributed by atoms with Gasteiger partial charge in [-0.15, -0.1) is 0 Å². The monoisotopic (exact) mass is 356 g/mol. The molecule has 1 spiro atoms. The Kier molecular flexibility index (Phi) is 4.40. The first-order chi connectivity index (χ1) is 12.6. The highest BCUT2D eigenvalue weighted by Crippen LogP contribution is 2.59. The highest BCUT2D eigenvalue weighted by molar-refractivity contribution is 5.97. The Hall–Kier alpha value is -2.41. The van der Waals surface area contributed by atoms with Gasteiger partial charge in [0.05, 0.1) is 0 Å². The first-order valence-corrected chi connectivity index (χ1v) is 9.09. The van der Waals surface area contributed by atoms with Crippen LogP contribution < -0.4 is 5.32 Å². The van der Waals surface area contributed by atoms with Gasteiger partial charge in [0.25, 0.3) is 5.91 Å². The lowest BCUT2D eigenvalue weighted by Crippen LogP contribution is -2.41. The first kappa shape index (κ1) is 17.0. The van der Waals surface area contributed by atoms with E-state index in [1.807, 2.05) is 17.0 Å². The summed E-state index contributed by atoms with van der Waals surface area (Å²) in [5.74, 6) is 0.509. The van der Waals surface area contributed by atoms with Crippen LogP contribution in [0.25, 0.3) is 10.9 Å². The third-order valence-corrected chi connectivity index (χ3v) is 5.91. The van der Waals surface area contributed by atoms with Gasteiger partial charge in [-0.2, -0.15) is 0 Å². The van der Waals surface area contributed by atoms with Gasteiger partial charge in [0.15, 0.2) is 0 Å². The van der Waals surface area contributed by atoms with Crippen molar-refractivity contribution in [3.05, 3.63) is 30.2 Å². The zero-order chi connectivity index (χ0) is 18.1. The molecule has 1 unspecified atom stereocenters. The summed E-state index contributed by atoms with van der Waals surface area (Å²) >= 11 is 0. The molecule has 7 heteroatoms. The quantitative estimate of drug-likeness (QED) is 0.851. The van der Waals surface area contributed by atoms with E-state index in [4.69, 9.17) is 4.74 Å². The van der Waals surface area contributed by atoms with Crippen LogP contribution in [0, 0.1) is 11.3 Å². The number of aromatic nitrogens is 2. The Morgan fingerprint density at radius 3 is 2.96 bits per heavy atom. The minimum Gasteiger partial charge on any atom is -0.375 e. The van der Waals surface area contributed by atoms with E-state index in [0.717, 1.165) is 43.3 Å². The van der Waals surface area contributed by atoms with Crippen molar-refractivity contribution in [1.29, 1.82) is 0 Å². The van der Waals surface area contributed by atoms with E-state index in [1.54, 1.807) is 19.5 Å². The summed E-state index contributed by atoms with van der Waals surface area (Å²) in [5, 5.41) is 4.00. The fraction of sp³-hybridized carbons (Fsp3) is 0.526. The van der Waals surface area contributed by atoms with Gasteiger partial charge in [-0.1, -0.05) is 0 Å². The van der Waals surface area contributed by atoms with Crippen LogP contribution in [0.2, 0.25) is 0 Å². The molecule has 0 aromatic carbocycles. The Labute approximate surface area is 152 Å². The van der Waals surface area contributed by atoms with E-state index in [0.29, 0.717) is 23.6 Å². The Balaban J connectivity index is 1.28. The molecule has 138 valence electrons. The number of likely N-dealkylation sites (tertiary alicyclic amines) is 1. The third kappa shape index (κ3) is 3.19. The fourth-order valence-electron chi connectivity index (χ4n) is 4.15. The molecule has 7 nitrogen and oxygen atoms in total. The minimum atomic E-state index is -0.0732. The number of rotatable bonds is 5. The summed E-state index contributed by atoms with van der Waals surface area (Å²) in [4.78, 5) is 33.4. The Morgan fingerprint density at radius 2 is 2.23 bits per heavy atom. The molecule has 2 fully saturated rings. The molecular weight excluding hydrogens is 332 g/mol. The van der Waals surface area contributed by atoms with Crippen molar-refractivity contribution in [3.8, 4) is 0 Å². The topological polar surface area (TPSA) is 87.3 Å². The van der Waals surface area contributed by atoms with Gasteiger partial charge >= 0.3 is 0 Å². The van der Waals surface area contributed by atoms with E-state index in [9.17, 15) is 9.59 Å². The number of piperidine rings is 1. The highest BCUT2D eigenvalue weighted by Gasteiger charge is 2.54. The second-order valence-corrected chi connectivity index (χ2v) is 7.43. The van der Waals surface area contributed by atoms with Crippen LogP contribution in [0.15, 0.2) is 24.5 Å². The van der Waals surface area contributed by atoms with Gasteiger partial charge in [0.1, 0.15) is 12.3 Å². The van der Waals surface area contributed by atoms with Gasteiger partial charge in [-0.05, 0) is 42.7 Å². The van der Waals surface area contributed by atoms with Crippen molar-refractivity contribution in [1.82, 2.24) is 20.2 Å². The lowest BCUT2D eigenvalue weighted by Gasteiger charge is -2.33. The number of fused-ring (bicyclic) bond motifs is 1. The highest BCUT2D eigenvalue weighted by atomic mass is 16.5. The summed E-state index contributed by atoms with van der Waals surface area (Å²) in [5.41, 5.74) is 1.80. The largest absolute Gasteiger partial charge is 0.375 e. The van der Waals surface area contributed by atoms with Crippen LogP contribution in [0.1, 0.15) is 29.8 Å². The van der Waals surface area contributed by atoms with Crippen LogP contribution in [0.3, 0.4) is 0 Å². The van der Waals surface area contributed by atoms with Gasteiger partial charge < -0.3 is 19.9 Å². The summed E-state index contributed by atoms with van der Waals surface area (Å²) in [6.45, 7) is 2.44. The van der Waals surface area contributed by atoms with Crippen molar-refractivity contribution in [2.24, 2.45) is 11.3 Å². The van der Waals surface area contributed by atoms with E-state index >= 15 is 0 Å². The standard InChI is InChI=1S/C19H24N4O3/c1-26-12-17(24)23-6-3-19(4-7-23)9-14(19)11-21-18(25)16-8-13-10-20-5-2-15(13)22-16/h2,5,8,10,14,22H,3-4,6-7,9,11-12H2,1H3,(H,21,25). The number of hydrogen-bond donors (Lipinski definition) is 2. The second kappa shape index (κ2) is 6.72. The average molecular weight is 356 g/mol. The number of H-pyrrole nitrogens is 1. The molecule has 2 aliphatic rings. The maximum absolute atomic E-state index is 12.4. The lowest BCUT2D eigenvalue weighted by molar-refractivity contribution is -0.136. The summed E-state index contributed by atoms with van der Waals surface area (Å²) in [6, 6.07) is 3.70. The van der Waals surface area contributed by atoms with Crippen LogP contribution in [-0.2, 0) is 9.53 Å². The molecule has 1 saturated heterocycles. The smallest absolute Gasteiger partial charge is 0.267 e. The lowest BCUT2D eigenvalue weighted by atomic mass is 9.90. The molecule has 3 heterocycles. The fourth-order valence-corrected chi connectivity index (χ4v) is 4.15. The number of hydrogen-bond acceptors (Lipinski definition) is 4. The van der Waals surface area contributed by atoms with Crippen molar-refractivity contribution in [2.75, 3.05) is 33.4 Å². The number of methoxy groups -OCH3 is 1. The Morgan fingerprint density at radius 1 is 1.42 bits per heavy atom. The molecular formula is C19H24N4O3. The molecule has 1 atom stereocenters. The predicted octanol–water partition coefficient (Wildman–Crippen LogP) is 1.57. The predicted molar refractivity (Wildman–Crippen MR) is 96.7 cm³/mol. The SMILES string of the molecule is COCC(=O)N1CCC2(CC1)CC2CNC(=O)c1cc2cnccc2[nH]1. The molecule has 26 heavy (non-hydrogen) atoms. The Bertz CT molecular complexity index is 790. The number of carbonyl (C=O) groups excluding carboxylic acids is 2. The molecule has 1 aliphatic heterocycles. The number of nitrogens with zero attached hydrogens (tertiary/aromatic N) is 2. The second-order valence-electron chi connectivity index (χ2n) is 7.43.